The number of benzene rings is 2. The molecule has 2 aromatic carbocycles. The van der Waals surface area contributed by atoms with E-state index in [0.29, 0.717) is 0 Å². The minimum atomic E-state index is -2.51. The molecule has 214 valence electrons. The van der Waals surface area contributed by atoms with Crippen LogP contribution in [0, 0.1) is 23.7 Å². The lowest BCUT2D eigenvalue weighted by molar-refractivity contribution is -0.174. The highest BCUT2D eigenvalue weighted by molar-refractivity contribution is 6.32. The molecule has 6 N–H and O–H groups in total. The maximum absolute atomic E-state index is 14.0. The third-order valence-corrected chi connectivity index (χ3v) is 8.31. The summed E-state index contributed by atoms with van der Waals surface area (Å²) in [4.78, 5) is 40.0. The van der Waals surface area contributed by atoms with Gasteiger partial charge < -0.3 is 45.1 Å². The van der Waals surface area contributed by atoms with Gasteiger partial charge in [0.15, 0.2) is 40.7 Å². The number of aliphatic hydroxyl groups excluding tert-OH is 2. The molecule has 12 heteroatoms. The van der Waals surface area contributed by atoms with Gasteiger partial charge >= 0.3 is 5.97 Å². The zero-order valence-corrected chi connectivity index (χ0v) is 22.3. The number of anilines is 1. The Labute approximate surface area is 238 Å². The summed E-state index contributed by atoms with van der Waals surface area (Å²) in [7, 11) is 2.27. The molecular formula is C30H23NO11. The third kappa shape index (κ3) is 3.09. The number of allylic oxidation sites excluding steroid dienone is 2. The first-order valence-electron chi connectivity index (χ1n) is 12.6. The van der Waals surface area contributed by atoms with Crippen molar-refractivity contribution in [3.8, 4) is 40.9 Å². The van der Waals surface area contributed by atoms with E-state index in [2.05, 4.69) is 33.7 Å². The normalized spacial score (nSPS) is 28.7. The van der Waals surface area contributed by atoms with Crippen LogP contribution in [-0.4, -0.2) is 86.7 Å². The standard InChI is InChI=1S/C30H23NO11/c1-28(39,26(37)27(38)41-3)30-17-8-6-4-5-7-9-18(33)29(30,42-30)14-12-15(32)20-21(22(14)31-17)25(36)19-13(23(20)34)10-11-16(40-2)24(19)35/h4-5,10-12,17-18,26,31-33,35,37,39H,1-3H3/b5-4-/t17-,18+,26-,28+,29-,30+/m0/s1. The molecule has 2 aliphatic carbocycles. The quantitative estimate of drug-likeness (QED) is 0.105. The predicted molar refractivity (Wildman–Crippen MR) is 142 cm³/mol. The number of carbonyl (C=O) groups excluding carboxylic acids is 3. The van der Waals surface area contributed by atoms with E-state index in [-0.39, 0.29) is 39.3 Å². The second-order valence-electron chi connectivity index (χ2n) is 10.3. The van der Waals surface area contributed by atoms with Gasteiger partial charge in [0.1, 0.15) is 17.4 Å². The second-order valence-corrected chi connectivity index (χ2v) is 10.3. The summed E-state index contributed by atoms with van der Waals surface area (Å²) in [6.07, 6.45) is -1.27. The van der Waals surface area contributed by atoms with Gasteiger partial charge in [-0.1, -0.05) is 23.7 Å². The molecule has 0 radical (unpaired) electrons. The molecule has 42 heavy (non-hydrogen) atoms. The molecule has 0 unspecified atom stereocenters. The molecule has 0 spiro atoms. The molecule has 0 aromatic heterocycles. The number of carbonyl (C=O) groups is 3. The third-order valence-electron chi connectivity index (χ3n) is 8.31. The van der Waals surface area contributed by atoms with Crippen LogP contribution in [0.2, 0.25) is 0 Å². The summed E-state index contributed by atoms with van der Waals surface area (Å²) in [6.45, 7) is 1.09. The summed E-state index contributed by atoms with van der Waals surface area (Å²) in [5.41, 5.74) is -8.23. The molecule has 2 bridgehead atoms. The van der Waals surface area contributed by atoms with Crippen molar-refractivity contribution in [2.75, 3.05) is 19.5 Å². The molecule has 1 fully saturated rings. The molecule has 2 heterocycles. The van der Waals surface area contributed by atoms with Gasteiger partial charge in [0, 0.05) is 11.1 Å². The number of methoxy groups -OCH3 is 2. The lowest BCUT2D eigenvalue weighted by Gasteiger charge is -2.43. The number of nitrogens with one attached hydrogen (secondary N) is 1. The number of phenols is 2. The van der Waals surface area contributed by atoms with Crippen molar-refractivity contribution < 1.29 is 54.1 Å². The van der Waals surface area contributed by atoms with Gasteiger partial charge in [-0.3, -0.25) is 9.59 Å². The molecule has 2 aliphatic heterocycles. The fraction of sp³-hybridized carbons (Fsp3) is 0.300. The second kappa shape index (κ2) is 8.82. The fourth-order valence-electron chi connectivity index (χ4n) is 6.29. The van der Waals surface area contributed by atoms with E-state index in [0.717, 1.165) is 20.1 Å². The van der Waals surface area contributed by atoms with E-state index in [1.54, 1.807) is 0 Å². The van der Waals surface area contributed by atoms with Crippen LogP contribution in [0.4, 0.5) is 5.69 Å². The number of hydrogen-bond acceptors (Lipinski definition) is 12. The molecule has 2 aromatic rings. The summed E-state index contributed by atoms with van der Waals surface area (Å²) in [5.74, 6) is 6.52. The van der Waals surface area contributed by atoms with E-state index in [1.807, 2.05) is 0 Å². The van der Waals surface area contributed by atoms with Crippen molar-refractivity contribution in [1.29, 1.82) is 0 Å². The topological polar surface area (TPSA) is 195 Å². The Bertz CT molecular complexity index is 1790. The van der Waals surface area contributed by atoms with Crippen molar-refractivity contribution in [2.24, 2.45) is 0 Å². The largest absolute Gasteiger partial charge is 0.507 e. The summed E-state index contributed by atoms with van der Waals surface area (Å²) in [5, 5.41) is 59.1. The molecule has 12 nitrogen and oxygen atoms in total. The number of aromatic hydroxyl groups is 2. The first-order valence-corrected chi connectivity index (χ1v) is 12.6. The van der Waals surface area contributed by atoms with Crippen LogP contribution in [0.25, 0.3) is 0 Å². The Morgan fingerprint density at radius 2 is 1.79 bits per heavy atom. The SMILES string of the molecule is COC(=O)[C@H](O)[C@@](C)(O)[C@@]12O[C@]13c1cc(O)c4c(c1N[C@H]2C#C/C=C\C#C[C@H]3O)C(=O)c1c(ccc(OC)c1O)C4=O. The number of ketones is 2. The first-order chi connectivity index (χ1) is 19.9. The average molecular weight is 574 g/mol. The smallest absolute Gasteiger partial charge is 0.337 e. The number of phenolic OH excluding ortho intramolecular Hbond substituents is 2. The zero-order valence-electron chi connectivity index (χ0n) is 22.3. The van der Waals surface area contributed by atoms with Gasteiger partial charge in [-0.2, -0.15) is 0 Å². The molecule has 6 atom stereocenters. The molecule has 1 saturated heterocycles. The number of aliphatic hydroxyl groups is 3. The Kier molecular flexibility index (Phi) is 5.74. The highest BCUT2D eigenvalue weighted by atomic mass is 16.7. The Morgan fingerprint density at radius 1 is 1.10 bits per heavy atom. The van der Waals surface area contributed by atoms with Gasteiger partial charge in [0.25, 0.3) is 0 Å². The number of hydrogen-bond donors (Lipinski definition) is 6. The van der Waals surface area contributed by atoms with Crippen molar-refractivity contribution >= 4 is 23.2 Å². The summed E-state index contributed by atoms with van der Waals surface area (Å²) < 4.78 is 15.9. The van der Waals surface area contributed by atoms with Crippen LogP contribution in [0.15, 0.2) is 30.4 Å². The number of esters is 1. The average Bonchev–Trinajstić information content (AvgIpc) is 3.70. The van der Waals surface area contributed by atoms with Crippen LogP contribution in [0.3, 0.4) is 0 Å². The highest BCUT2D eigenvalue weighted by Gasteiger charge is 2.87. The van der Waals surface area contributed by atoms with Crippen LogP contribution < -0.4 is 10.1 Å². The molecular weight excluding hydrogens is 550 g/mol. The number of rotatable bonds is 4. The van der Waals surface area contributed by atoms with E-state index in [4.69, 9.17) is 9.47 Å². The van der Waals surface area contributed by atoms with Gasteiger partial charge in [-0.05, 0) is 37.3 Å². The van der Waals surface area contributed by atoms with E-state index in [9.17, 15) is 39.9 Å². The molecule has 6 rings (SSSR count). The van der Waals surface area contributed by atoms with Crippen LogP contribution in [0.1, 0.15) is 44.3 Å². The van der Waals surface area contributed by atoms with Crippen LogP contribution in [-0.2, 0) is 19.9 Å². The van der Waals surface area contributed by atoms with Gasteiger partial charge in [-0.25, -0.2) is 4.79 Å². The minimum absolute atomic E-state index is 0.0717. The maximum atomic E-state index is 14.0. The van der Waals surface area contributed by atoms with Crippen LogP contribution >= 0.6 is 0 Å². The van der Waals surface area contributed by atoms with E-state index in [1.165, 1.54) is 31.4 Å². The van der Waals surface area contributed by atoms with E-state index >= 15 is 0 Å². The lowest BCUT2D eigenvalue weighted by atomic mass is 9.64. The minimum Gasteiger partial charge on any atom is -0.507 e. The van der Waals surface area contributed by atoms with Gasteiger partial charge in [0.05, 0.1) is 36.6 Å². The lowest BCUT2D eigenvalue weighted by Crippen LogP contribution is -2.66. The monoisotopic (exact) mass is 573 g/mol. The molecule has 0 amide bonds. The van der Waals surface area contributed by atoms with Crippen molar-refractivity contribution in [1.82, 2.24) is 0 Å². The Morgan fingerprint density at radius 3 is 2.45 bits per heavy atom. The van der Waals surface area contributed by atoms with Gasteiger partial charge in [0.2, 0.25) is 5.78 Å². The van der Waals surface area contributed by atoms with Gasteiger partial charge in [-0.15, -0.1) is 0 Å². The predicted octanol–water partition coefficient (Wildman–Crippen LogP) is -0.137. The van der Waals surface area contributed by atoms with Crippen molar-refractivity contribution in [2.45, 2.75) is 42.0 Å². The van der Waals surface area contributed by atoms with Crippen LogP contribution in [0.5, 0.6) is 17.2 Å². The Balaban J connectivity index is 1.67. The molecule has 0 saturated carbocycles. The summed E-state index contributed by atoms with van der Waals surface area (Å²) in [6, 6.07) is 2.33. The Hall–Kier alpha value is -4.85. The number of ether oxygens (including phenoxy) is 3. The van der Waals surface area contributed by atoms with Crippen molar-refractivity contribution in [3.05, 3.63) is 58.2 Å². The maximum Gasteiger partial charge on any atom is 0.337 e. The summed E-state index contributed by atoms with van der Waals surface area (Å²) >= 11 is 0. The van der Waals surface area contributed by atoms with Crippen molar-refractivity contribution in [3.63, 3.8) is 0 Å². The zero-order chi connectivity index (χ0) is 30.4. The number of epoxide rings is 1. The highest BCUT2D eigenvalue weighted by Crippen LogP contribution is 2.70. The fourth-order valence-corrected chi connectivity index (χ4v) is 6.29. The molecule has 4 aliphatic rings. The first kappa shape index (κ1) is 27.3. The van der Waals surface area contributed by atoms with E-state index < -0.39 is 64.1 Å². The number of fused-ring (bicyclic) bond motifs is 4.